The second-order valence-corrected chi connectivity index (χ2v) is 6.95. The van der Waals surface area contributed by atoms with Crippen molar-refractivity contribution >= 4 is 55.1 Å². The fourth-order valence-electron chi connectivity index (χ4n) is 1.92. The Balaban J connectivity index is 2.55. The smallest absolute Gasteiger partial charge is 0.124 e. The summed E-state index contributed by atoms with van der Waals surface area (Å²) in [7, 11) is 1.64. The van der Waals surface area contributed by atoms with Crippen LogP contribution in [0.1, 0.15) is 22.1 Å². The van der Waals surface area contributed by atoms with Crippen LogP contribution in [-0.2, 0) is 0 Å². The molecule has 0 saturated heterocycles. The van der Waals surface area contributed by atoms with E-state index in [1.54, 1.807) is 7.11 Å². The van der Waals surface area contributed by atoms with E-state index in [-0.39, 0.29) is 5.38 Å². The topological polar surface area (TPSA) is 9.23 Å². The Labute approximate surface area is 145 Å². The summed E-state index contributed by atoms with van der Waals surface area (Å²) >= 11 is 19.7. The van der Waals surface area contributed by atoms with E-state index in [0.717, 1.165) is 31.4 Å². The molecule has 0 radical (unpaired) electrons. The maximum atomic E-state index is 6.63. The highest BCUT2D eigenvalue weighted by Gasteiger charge is 2.19. The monoisotopic (exact) mass is 436 g/mol. The Kier molecular flexibility index (Phi) is 5.41. The van der Waals surface area contributed by atoms with Crippen molar-refractivity contribution in [3.63, 3.8) is 0 Å². The van der Waals surface area contributed by atoms with Crippen LogP contribution >= 0.6 is 55.1 Å². The summed E-state index contributed by atoms with van der Waals surface area (Å²) in [6, 6.07) is 9.52. The molecule has 0 N–H and O–H groups in total. The van der Waals surface area contributed by atoms with Gasteiger partial charge in [0, 0.05) is 19.5 Å². The molecule has 1 atom stereocenters. The van der Waals surface area contributed by atoms with Crippen LogP contribution in [0, 0.1) is 6.92 Å². The Hall–Kier alpha value is -0.220. The van der Waals surface area contributed by atoms with E-state index >= 15 is 0 Å². The molecule has 0 amide bonds. The van der Waals surface area contributed by atoms with Gasteiger partial charge in [-0.15, -0.1) is 11.6 Å². The average molecular weight is 439 g/mol. The minimum Gasteiger partial charge on any atom is -0.496 e. The number of rotatable bonds is 3. The van der Waals surface area contributed by atoms with E-state index in [9.17, 15) is 0 Å². The number of aryl methyl sites for hydroxylation is 1. The molecule has 2 aromatic carbocycles. The average Bonchev–Trinajstić information content (AvgIpc) is 2.43. The normalized spacial score (nSPS) is 12.3. The molecule has 5 heteroatoms. The van der Waals surface area contributed by atoms with Gasteiger partial charge in [0.2, 0.25) is 0 Å². The van der Waals surface area contributed by atoms with Gasteiger partial charge in [0.1, 0.15) is 5.75 Å². The standard InChI is InChI=1S/C15H12Br2Cl2O/c1-8-5-14(20-2)11(7-13(8)17)15(19)10-6-9(18)3-4-12(10)16/h3-7,15H,1-2H3. The minimum absolute atomic E-state index is 0.352. The molecule has 0 aromatic heterocycles. The predicted octanol–water partition coefficient (Wildman–Crippen LogP) is 6.51. The highest BCUT2D eigenvalue weighted by atomic mass is 79.9. The van der Waals surface area contributed by atoms with Crippen molar-refractivity contribution in [3.05, 3.63) is 61.0 Å². The van der Waals surface area contributed by atoms with Crippen molar-refractivity contribution < 1.29 is 4.74 Å². The van der Waals surface area contributed by atoms with Gasteiger partial charge in [-0.2, -0.15) is 0 Å². The van der Waals surface area contributed by atoms with Crippen LogP contribution in [-0.4, -0.2) is 7.11 Å². The number of hydrogen-bond acceptors (Lipinski definition) is 1. The van der Waals surface area contributed by atoms with Crippen LogP contribution in [0.3, 0.4) is 0 Å². The second-order valence-electron chi connectivity index (χ2n) is 4.37. The van der Waals surface area contributed by atoms with Gasteiger partial charge in [0.25, 0.3) is 0 Å². The van der Waals surface area contributed by atoms with Crippen molar-refractivity contribution in [2.75, 3.05) is 7.11 Å². The van der Waals surface area contributed by atoms with E-state index in [0.29, 0.717) is 5.02 Å². The lowest BCUT2D eigenvalue weighted by atomic mass is 10.0. The molecule has 1 unspecified atom stereocenters. The first-order valence-corrected chi connectivity index (χ1v) is 8.27. The Bertz CT molecular complexity index is 644. The third-order valence-electron chi connectivity index (χ3n) is 3.02. The maximum absolute atomic E-state index is 6.63. The van der Waals surface area contributed by atoms with E-state index in [4.69, 9.17) is 27.9 Å². The van der Waals surface area contributed by atoms with Crippen LogP contribution in [0.4, 0.5) is 0 Å². The van der Waals surface area contributed by atoms with Crippen LogP contribution in [0.15, 0.2) is 39.3 Å². The quantitative estimate of drug-likeness (QED) is 0.496. The summed E-state index contributed by atoms with van der Waals surface area (Å²) in [4.78, 5) is 0. The lowest BCUT2D eigenvalue weighted by molar-refractivity contribution is 0.409. The van der Waals surface area contributed by atoms with Crippen LogP contribution in [0.25, 0.3) is 0 Å². The van der Waals surface area contributed by atoms with Gasteiger partial charge in [0.05, 0.1) is 12.5 Å². The van der Waals surface area contributed by atoms with Gasteiger partial charge in [-0.05, 0) is 48.4 Å². The zero-order valence-electron chi connectivity index (χ0n) is 10.9. The van der Waals surface area contributed by atoms with Crippen molar-refractivity contribution in [2.24, 2.45) is 0 Å². The predicted molar refractivity (Wildman–Crippen MR) is 92.3 cm³/mol. The summed E-state index contributed by atoms with van der Waals surface area (Å²) in [5, 5.41) is 0.300. The zero-order chi connectivity index (χ0) is 14.9. The third-order valence-corrected chi connectivity index (χ3v) is 5.30. The molecule has 0 aliphatic heterocycles. The molecule has 106 valence electrons. The summed E-state index contributed by atoms with van der Waals surface area (Å²) in [5.41, 5.74) is 2.91. The van der Waals surface area contributed by atoms with Crippen molar-refractivity contribution in [2.45, 2.75) is 12.3 Å². The highest BCUT2D eigenvalue weighted by Crippen LogP contribution is 2.41. The molecule has 0 aliphatic carbocycles. The van der Waals surface area contributed by atoms with E-state index < -0.39 is 0 Å². The van der Waals surface area contributed by atoms with Crippen molar-refractivity contribution in [3.8, 4) is 5.75 Å². The zero-order valence-corrected chi connectivity index (χ0v) is 15.6. The number of benzene rings is 2. The molecule has 2 aromatic rings. The fraction of sp³-hybridized carbons (Fsp3) is 0.200. The molecule has 0 saturated carbocycles. The second kappa shape index (κ2) is 6.69. The summed E-state index contributed by atoms with van der Waals surface area (Å²) in [6.07, 6.45) is 0. The van der Waals surface area contributed by atoms with E-state index in [2.05, 4.69) is 31.9 Å². The molecular formula is C15H12Br2Cl2O. The van der Waals surface area contributed by atoms with Crippen molar-refractivity contribution in [1.82, 2.24) is 0 Å². The number of methoxy groups -OCH3 is 1. The molecule has 2 rings (SSSR count). The molecule has 0 heterocycles. The van der Waals surface area contributed by atoms with Gasteiger partial charge >= 0.3 is 0 Å². The molecule has 0 spiro atoms. The first-order chi connectivity index (χ1) is 9.43. The first kappa shape index (κ1) is 16.2. The van der Waals surface area contributed by atoms with Gasteiger partial charge in [-0.25, -0.2) is 0 Å². The number of halogens is 4. The van der Waals surface area contributed by atoms with Crippen LogP contribution in [0.2, 0.25) is 5.02 Å². The highest BCUT2D eigenvalue weighted by molar-refractivity contribution is 9.10. The SMILES string of the molecule is COc1cc(C)c(Br)cc1C(Cl)c1cc(Cl)ccc1Br. The van der Waals surface area contributed by atoms with Gasteiger partial charge in [0.15, 0.2) is 0 Å². The Morgan fingerprint density at radius 3 is 2.40 bits per heavy atom. The van der Waals surface area contributed by atoms with Crippen LogP contribution < -0.4 is 4.74 Å². The Morgan fingerprint density at radius 2 is 1.75 bits per heavy atom. The Morgan fingerprint density at radius 1 is 1.05 bits per heavy atom. The largest absolute Gasteiger partial charge is 0.496 e. The number of alkyl halides is 1. The number of hydrogen-bond donors (Lipinski definition) is 0. The molecule has 0 fully saturated rings. The van der Waals surface area contributed by atoms with E-state index in [1.165, 1.54) is 0 Å². The maximum Gasteiger partial charge on any atom is 0.124 e. The lowest BCUT2D eigenvalue weighted by Gasteiger charge is -2.17. The molecule has 0 bridgehead atoms. The van der Waals surface area contributed by atoms with Crippen molar-refractivity contribution in [1.29, 1.82) is 0 Å². The van der Waals surface area contributed by atoms with E-state index in [1.807, 2.05) is 37.3 Å². The van der Waals surface area contributed by atoms with Gasteiger partial charge in [-0.3, -0.25) is 0 Å². The first-order valence-electron chi connectivity index (χ1n) is 5.87. The third kappa shape index (κ3) is 3.33. The van der Waals surface area contributed by atoms with Crippen LogP contribution in [0.5, 0.6) is 5.75 Å². The molecule has 1 nitrogen and oxygen atoms in total. The number of ether oxygens (including phenoxy) is 1. The fourth-order valence-corrected chi connectivity index (χ4v) is 3.42. The lowest BCUT2D eigenvalue weighted by Crippen LogP contribution is -1.99. The summed E-state index contributed by atoms with van der Waals surface area (Å²) in [6.45, 7) is 2.01. The van der Waals surface area contributed by atoms with Gasteiger partial charge < -0.3 is 4.74 Å². The minimum atomic E-state index is -0.352. The summed E-state index contributed by atoms with van der Waals surface area (Å²) < 4.78 is 7.35. The summed E-state index contributed by atoms with van der Waals surface area (Å²) in [5.74, 6) is 0.762. The molecule has 0 aliphatic rings. The molecular weight excluding hydrogens is 427 g/mol. The van der Waals surface area contributed by atoms with Gasteiger partial charge in [-0.1, -0.05) is 43.5 Å². The molecule has 20 heavy (non-hydrogen) atoms.